The predicted octanol–water partition coefficient (Wildman–Crippen LogP) is 2.16. The van der Waals surface area contributed by atoms with Gasteiger partial charge in [-0.1, -0.05) is 0 Å². The van der Waals surface area contributed by atoms with E-state index in [2.05, 4.69) is 20.7 Å². The number of likely N-dealkylation sites (N-methyl/N-ethyl adjacent to an activating group) is 1. The molecule has 140 valence electrons. The number of hydrogen-bond donors (Lipinski definition) is 1. The Kier molecular flexibility index (Phi) is 8.04. The molecule has 0 heterocycles. The molecule has 1 rings (SSSR count). The number of benzene rings is 1. The number of ether oxygens (including phenoxy) is 1. The molecule has 0 saturated heterocycles. The van der Waals surface area contributed by atoms with Crippen LogP contribution in [0.2, 0.25) is 0 Å². The molecular formula is C16H23BrN2O5S. The van der Waals surface area contributed by atoms with E-state index in [-0.39, 0.29) is 22.4 Å². The summed E-state index contributed by atoms with van der Waals surface area (Å²) in [5.41, 5.74) is 0.0407. The standard InChI is InChI=1S/C16H23BrN2O5S/c1-5-19(6-2)15(20)10-24-16(21)13-9-12(7-8-14(13)17)25(22,23)18-11(3)4/h7-9,11,18H,5-6,10H2,1-4H3. The minimum absolute atomic E-state index is 0.0407. The van der Waals surface area contributed by atoms with Crippen molar-refractivity contribution in [3.8, 4) is 0 Å². The SMILES string of the molecule is CCN(CC)C(=O)COC(=O)c1cc(S(=O)(=O)NC(C)C)ccc1Br. The van der Waals surface area contributed by atoms with E-state index in [1.54, 1.807) is 13.8 Å². The number of halogens is 1. The van der Waals surface area contributed by atoms with Crippen LogP contribution < -0.4 is 4.72 Å². The second kappa shape index (κ2) is 9.30. The van der Waals surface area contributed by atoms with Gasteiger partial charge in [0.2, 0.25) is 10.0 Å². The second-order valence-corrected chi connectivity index (χ2v) is 8.13. The first-order chi connectivity index (χ1) is 11.6. The number of nitrogens with zero attached hydrogens (tertiary/aromatic N) is 1. The molecule has 0 fully saturated rings. The van der Waals surface area contributed by atoms with Crippen LogP contribution in [0.1, 0.15) is 38.1 Å². The molecule has 0 bridgehead atoms. The van der Waals surface area contributed by atoms with Crippen molar-refractivity contribution in [3.63, 3.8) is 0 Å². The van der Waals surface area contributed by atoms with Crippen LogP contribution in [-0.2, 0) is 19.6 Å². The zero-order valence-corrected chi connectivity index (χ0v) is 17.1. The smallest absolute Gasteiger partial charge is 0.339 e. The second-order valence-electron chi connectivity index (χ2n) is 5.56. The molecule has 1 amide bonds. The van der Waals surface area contributed by atoms with E-state index >= 15 is 0 Å². The fraction of sp³-hybridized carbons (Fsp3) is 0.500. The number of nitrogens with one attached hydrogen (secondary N) is 1. The van der Waals surface area contributed by atoms with Crippen molar-refractivity contribution in [2.24, 2.45) is 0 Å². The molecule has 9 heteroatoms. The number of carbonyl (C=O) groups is 2. The van der Waals surface area contributed by atoms with Crippen molar-refractivity contribution in [3.05, 3.63) is 28.2 Å². The van der Waals surface area contributed by atoms with Gasteiger partial charge in [0.15, 0.2) is 6.61 Å². The van der Waals surface area contributed by atoms with Crippen molar-refractivity contribution < 1.29 is 22.7 Å². The van der Waals surface area contributed by atoms with Crippen molar-refractivity contribution >= 4 is 37.8 Å². The van der Waals surface area contributed by atoms with Crippen LogP contribution in [0.3, 0.4) is 0 Å². The number of amides is 1. The average molecular weight is 435 g/mol. The Hall–Kier alpha value is -1.45. The third kappa shape index (κ3) is 6.09. The molecule has 1 aromatic rings. The summed E-state index contributed by atoms with van der Waals surface area (Å²) in [6.45, 7) is 7.70. The lowest BCUT2D eigenvalue weighted by Gasteiger charge is -2.18. The van der Waals surface area contributed by atoms with Crippen LogP contribution in [0.15, 0.2) is 27.6 Å². The van der Waals surface area contributed by atoms with Gasteiger partial charge in [-0.25, -0.2) is 17.9 Å². The van der Waals surface area contributed by atoms with E-state index in [1.807, 2.05) is 13.8 Å². The molecule has 0 aliphatic heterocycles. The van der Waals surface area contributed by atoms with Crippen molar-refractivity contribution in [2.45, 2.75) is 38.6 Å². The van der Waals surface area contributed by atoms with Crippen LogP contribution >= 0.6 is 15.9 Å². The summed E-state index contributed by atoms with van der Waals surface area (Å²) in [5, 5.41) is 0. The van der Waals surface area contributed by atoms with E-state index in [0.717, 1.165) is 0 Å². The van der Waals surface area contributed by atoms with Gasteiger partial charge >= 0.3 is 5.97 Å². The molecule has 0 aliphatic carbocycles. The van der Waals surface area contributed by atoms with Crippen molar-refractivity contribution in [2.75, 3.05) is 19.7 Å². The Morgan fingerprint density at radius 3 is 2.36 bits per heavy atom. The van der Waals surface area contributed by atoms with Gasteiger partial charge in [-0.05, 0) is 61.8 Å². The van der Waals surface area contributed by atoms with Crippen LogP contribution in [0.4, 0.5) is 0 Å². The lowest BCUT2D eigenvalue weighted by molar-refractivity contribution is -0.134. The highest BCUT2D eigenvalue weighted by Crippen LogP contribution is 2.22. The Morgan fingerprint density at radius 2 is 1.84 bits per heavy atom. The van der Waals surface area contributed by atoms with Gasteiger partial charge < -0.3 is 9.64 Å². The molecule has 0 atom stereocenters. The van der Waals surface area contributed by atoms with Gasteiger partial charge in [-0.2, -0.15) is 0 Å². The third-order valence-corrected chi connectivity index (χ3v) is 5.65. The summed E-state index contributed by atoms with van der Waals surface area (Å²) in [6.07, 6.45) is 0. The molecule has 25 heavy (non-hydrogen) atoms. The Labute approximate surface area is 156 Å². The van der Waals surface area contributed by atoms with E-state index in [1.165, 1.54) is 23.1 Å². The highest BCUT2D eigenvalue weighted by molar-refractivity contribution is 9.10. The highest BCUT2D eigenvalue weighted by Gasteiger charge is 2.21. The van der Waals surface area contributed by atoms with Crippen molar-refractivity contribution in [1.29, 1.82) is 0 Å². The number of rotatable bonds is 8. The lowest BCUT2D eigenvalue weighted by atomic mass is 10.2. The van der Waals surface area contributed by atoms with Gasteiger partial charge in [0.25, 0.3) is 5.91 Å². The Bertz CT molecular complexity index is 730. The molecule has 0 saturated carbocycles. The molecule has 1 N–H and O–H groups in total. The number of sulfonamides is 1. The Morgan fingerprint density at radius 1 is 1.24 bits per heavy atom. The minimum Gasteiger partial charge on any atom is -0.452 e. The monoisotopic (exact) mass is 434 g/mol. The molecule has 0 spiro atoms. The normalized spacial score (nSPS) is 11.4. The first kappa shape index (κ1) is 21.6. The largest absolute Gasteiger partial charge is 0.452 e. The van der Waals surface area contributed by atoms with Gasteiger partial charge in [0.05, 0.1) is 10.5 Å². The van der Waals surface area contributed by atoms with Gasteiger partial charge in [0, 0.05) is 23.6 Å². The molecule has 0 unspecified atom stereocenters. The topological polar surface area (TPSA) is 92.8 Å². The zero-order chi connectivity index (χ0) is 19.2. The average Bonchev–Trinajstić information content (AvgIpc) is 2.52. The van der Waals surface area contributed by atoms with E-state index in [9.17, 15) is 18.0 Å². The van der Waals surface area contributed by atoms with Crippen LogP contribution in [0.5, 0.6) is 0 Å². The summed E-state index contributed by atoms with van der Waals surface area (Å²) in [4.78, 5) is 25.6. The Balaban J connectivity index is 2.96. The van der Waals surface area contributed by atoms with E-state index in [4.69, 9.17) is 4.74 Å². The summed E-state index contributed by atoms with van der Waals surface area (Å²) in [7, 11) is -3.74. The van der Waals surface area contributed by atoms with Gasteiger partial charge in [-0.3, -0.25) is 4.79 Å². The van der Waals surface area contributed by atoms with Gasteiger partial charge in [0.1, 0.15) is 0 Å². The first-order valence-corrected chi connectivity index (χ1v) is 10.2. The zero-order valence-electron chi connectivity index (χ0n) is 14.7. The molecule has 0 aromatic heterocycles. The lowest BCUT2D eigenvalue weighted by Crippen LogP contribution is -2.34. The molecule has 1 aromatic carbocycles. The summed E-state index contributed by atoms with van der Waals surface area (Å²) in [6, 6.07) is 3.78. The number of esters is 1. The van der Waals surface area contributed by atoms with Gasteiger partial charge in [-0.15, -0.1) is 0 Å². The molecule has 7 nitrogen and oxygen atoms in total. The first-order valence-electron chi connectivity index (χ1n) is 7.89. The minimum atomic E-state index is -3.74. The maximum absolute atomic E-state index is 12.2. The third-order valence-electron chi connectivity index (χ3n) is 3.30. The molecular weight excluding hydrogens is 412 g/mol. The number of hydrogen-bond acceptors (Lipinski definition) is 5. The fourth-order valence-corrected chi connectivity index (χ4v) is 3.76. The van der Waals surface area contributed by atoms with Crippen LogP contribution in [-0.4, -0.2) is 50.9 Å². The van der Waals surface area contributed by atoms with Crippen molar-refractivity contribution in [1.82, 2.24) is 9.62 Å². The predicted molar refractivity (Wildman–Crippen MR) is 97.8 cm³/mol. The maximum atomic E-state index is 12.2. The maximum Gasteiger partial charge on any atom is 0.339 e. The number of carbonyl (C=O) groups excluding carboxylic acids is 2. The van der Waals surface area contributed by atoms with E-state index < -0.39 is 22.6 Å². The molecule has 0 aliphatic rings. The molecule has 0 radical (unpaired) electrons. The van der Waals surface area contributed by atoms with Crippen LogP contribution in [0, 0.1) is 0 Å². The van der Waals surface area contributed by atoms with Crippen LogP contribution in [0.25, 0.3) is 0 Å². The quantitative estimate of drug-likeness (QED) is 0.632. The summed E-state index contributed by atoms with van der Waals surface area (Å²) >= 11 is 3.20. The summed E-state index contributed by atoms with van der Waals surface area (Å²) < 4.78 is 32.3. The fourth-order valence-electron chi connectivity index (χ4n) is 2.08. The summed E-state index contributed by atoms with van der Waals surface area (Å²) in [5.74, 6) is -1.08. The van der Waals surface area contributed by atoms with E-state index in [0.29, 0.717) is 17.6 Å². The highest BCUT2D eigenvalue weighted by atomic mass is 79.9.